The number of rotatable bonds is 9. The van der Waals surface area contributed by atoms with E-state index in [2.05, 4.69) is 4.74 Å². The lowest BCUT2D eigenvalue weighted by Crippen LogP contribution is -2.11. The van der Waals surface area contributed by atoms with Crippen LogP contribution in [0.1, 0.15) is 31.7 Å². The Morgan fingerprint density at radius 3 is 2.53 bits per heavy atom. The van der Waals surface area contributed by atoms with Gasteiger partial charge in [0.2, 0.25) is 0 Å². The fraction of sp³-hybridized carbons (Fsp3) is 0.467. The topological polar surface area (TPSA) is 52.6 Å². The molecule has 0 atom stereocenters. The summed E-state index contributed by atoms with van der Waals surface area (Å²) in [4.78, 5) is 21.8. The Morgan fingerprint density at radius 2 is 1.84 bits per heavy atom. The van der Waals surface area contributed by atoms with Crippen molar-refractivity contribution in [1.82, 2.24) is 0 Å². The number of unbranched alkanes of at least 4 members (excludes halogenated alkanes) is 1. The highest BCUT2D eigenvalue weighted by molar-refractivity contribution is 5.81. The van der Waals surface area contributed by atoms with Crippen LogP contribution in [0.5, 0.6) is 0 Å². The van der Waals surface area contributed by atoms with Gasteiger partial charge in [-0.1, -0.05) is 30.3 Å². The molecule has 19 heavy (non-hydrogen) atoms. The molecule has 104 valence electrons. The van der Waals surface area contributed by atoms with E-state index in [-0.39, 0.29) is 12.4 Å². The number of ketones is 1. The molecule has 0 saturated carbocycles. The van der Waals surface area contributed by atoms with Gasteiger partial charge < -0.3 is 9.47 Å². The lowest BCUT2D eigenvalue weighted by molar-refractivity contribution is -0.145. The Hall–Kier alpha value is -1.68. The molecule has 0 unspecified atom stereocenters. The van der Waals surface area contributed by atoms with Crippen LogP contribution in [-0.2, 0) is 25.7 Å². The van der Waals surface area contributed by atoms with Crippen molar-refractivity contribution in [1.29, 1.82) is 0 Å². The van der Waals surface area contributed by atoms with Crippen molar-refractivity contribution in [3.8, 4) is 0 Å². The Morgan fingerprint density at radius 1 is 1.11 bits per heavy atom. The number of esters is 1. The molecule has 0 aliphatic heterocycles. The first-order chi connectivity index (χ1) is 9.18. The summed E-state index contributed by atoms with van der Waals surface area (Å²) in [6.07, 6.45) is 2.02. The quantitative estimate of drug-likeness (QED) is 0.508. The Bertz CT molecular complexity index is 386. The SMILES string of the molecule is CC(=O)OCC(=O)CCCCOCc1ccccc1. The third kappa shape index (κ3) is 8.11. The summed E-state index contributed by atoms with van der Waals surface area (Å²) < 4.78 is 10.1. The van der Waals surface area contributed by atoms with Crippen LogP contribution >= 0.6 is 0 Å². The molecule has 0 aliphatic carbocycles. The van der Waals surface area contributed by atoms with E-state index in [4.69, 9.17) is 4.74 Å². The fourth-order valence-corrected chi connectivity index (χ4v) is 1.54. The standard InChI is InChI=1S/C15H20O4/c1-13(16)19-12-15(17)9-5-6-10-18-11-14-7-3-2-4-8-14/h2-4,7-8H,5-6,9-12H2,1H3. The van der Waals surface area contributed by atoms with Gasteiger partial charge in [0.25, 0.3) is 0 Å². The van der Waals surface area contributed by atoms with Gasteiger partial charge in [0.1, 0.15) is 6.61 Å². The lowest BCUT2D eigenvalue weighted by atomic mass is 10.2. The molecular formula is C15H20O4. The number of hydrogen-bond donors (Lipinski definition) is 0. The molecule has 0 heterocycles. The van der Waals surface area contributed by atoms with Gasteiger partial charge in [-0.05, 0) is 18.4 Å². The average Bonchev–Trinajstić information content (AvgIpc) is 2.41. The van der Waals surface area contributed by atoms with E-state index in [9.17, 15) is 9.59 Å². The highest BCUT2D eigenvalue weighted by Crippen LogP contribution is 2.03. The predicted molar refractivity (Wildman–Crippen MR) is 71.6 cm³/mol. The highest BCUT2D eigenvalue weighted by atomic mass is 16.5. The smallest absolute Gasteiger partial charge is 0.303 e. The average molecular weight is 264 g/mol. The normalized spacial score (nSPS) is 10.2. The molecule has 1 rings (SSSR count). The molecule has 4 nitrogen and oxygen atoms in total. The molecular weight excluding hydrogens is 244 g/mol. The van der Waals surface area contributed by atoms with E-state index in [1.807, 2.05) is 30.3 Å². The van der Waals surface area contributed by atoms with Crippen molar-refractivity contribution in [2.75, 3.05) is 13.2 Å². The third-order valence-electron chi connectivity index (χ3n) is 2.54. The van der Waals surface area contributed by atoms with Crippen molar-refractivity contribution in [3.63, 3.8) is 0 Å². The minimum atomic E-state index is -0.417. The monoisotopic (exact) mass is 264 g/mol. The van der Waals surface area contributed by atoms with E-state index < -0.39 is 5.97 Å². The van der Waals surface area contributed by atoms with Crippen LogP contribution in [0.3, 0.4) is 0 Å². The Balaban J connectivity index is 1.96. The second-order valence-corrected chi connectivity index (χ2v) is 4.31. The van der Waals surface area contributed by atoms with Crippen LogP contribution in [0.4, 0.5) is 0 Å². The maximum Gasteiger partial charge on any atom is 0.303 e. The fourth-order valence-electron chi connectivity index (χ4n) is 1.54. The molecule has 0 bridgehead atoms. The Kier molecular flexibility index (Phi) is 7.51. The molecule has 0 N–H and O–H groups in total. The van der Waals surface area contributed by atoms with Crippen molar-refractivity contribution < 1.29 is 19.1 Å². The molecule has 0 spiro atoms. The molecule has 0 amide bonds. The molecule has 0 radical (unpaired) electrons. The lowest BCUT2D eigenvalue weighted by Gasteiger charge is -2.04. The zero-order chi connectivity index (χ0) is 13.9. The highest BCUT2D eigenvalue weighted by Gasteiger charge is 2.03. The van der Waals surface area contributed by atoms with Crippen molar-refractivity contribution in [3.05, 3.63) is 35.9 Å². The van der Waals surface area contributed by atoms with Gasteiger partial charge in [-0.3, -0.25) is 9.59 Å². The molecule has 0 saturated heterocycles. The number of carbonyl (C=O) groups excluding carboxylic acids is 2. The minimum Gasteiger partial charge on any atom is -0.458 e. The van der Waals surface area contributed by atoms with Gasteiger partial charge in [-0.25, -0.2) is 0 Å². The van der Waals surface area contributed by atoms with Crippen LogP contribution < -0.4 is 0 Å². The van der Waals surface area contributed by atoms with E-state index in [1.54, 1.807) is 0 Å². The van der Waals surface area contributed by atoms with Crippen molar-refractivity contribution in [2.24, 2.45) is 0 Å². The number of Topliss-reactive ketones (excluding diaryl/α,β-unsaturated/α-hetero) is 1. The summed E-state index contributed by atoms with van der Waals surface area (Å²) in [7, 11) is 0. The zero-order valence-corrected chi connectivity index (χ0v) is 11.3. The van der Waals surface area contributed by atoms with Crippen molar-refractivity contribution >= 4 is 11.8 Å². The minimum absolute atomic E-state index is 0.0433. The van der Waals surface area contributed by atoms with E-state index in [0.29, 0.717) is 19.6 Å². The van der Waals surface area contributed by atoms with Crippen LogP contribution in [0.25, 0.3) is 0 Å². The molecule has 0 aromatic heterocycles. The maximum atomic E-state index is 11.3. The van der Waals surface area contributed by atoms with Gasteiger partial charge >= 0.3 is 5.97 Å². The predicted octanol–water partition coefficient (Wildman–Crippen LogP) is 2.51. The van der Waals surface area contributed by atoms with Crippen LogP contribution in [-0.4, -0.2) is 25.0 Å². The molecule has 0 fully saturated rings. The van der Waals surface area contributed by atoms with Crippen LogP contribution in [0.2, 0.25) is 0 Å². The maximum absolute atomic E-state index is 11.3. The van der Waals surface area contributed by atoms with Gasteiger partial charge in [-0.2, -0.15) is 0 Å². The van der Waals surface area contributed by atoms with E-state index in [0.717, 1.165) is 18.4 Å². The molecule has 4 heteroatoms. The molecule has 1 aromatic rings. The number of hydrogen-bond acceptors (Lipinski definition) is 4. The van der Waals surface area contributed by atoms with Gasteiger partial charge in [-0.15, -0.1) is 0 Å². The molecule has 1 aromatic carbocycles. The van der Waals surface area contributed by atoms with Crippen LogP contribution in [0, 0.1) is 0 Å². The summed E-state index contributed by atoms with van der Waals surface area (Å²) >= 11 is 0. The van der Waals surface area contributed by atoms with Gasteiger partial charge in [0.15, 0.2) is 5.78 Å². The number of carbonyl (C=O) groups is 2. The third-order valence-corrected chi connectivity index (χ3v) is 2.54. The second kappa shape index (κ2) is 9.28. The summed E-state index contributed by atoms with van der Waals surface area (Å²) in [6, 6.07) is 9.96. The van der Waals surface area contributed by atoms with E-state index >= 15 is 0 Å². The summed E-state index contributed by atoms with van der Waals surface area (Å²) in [6.45, 7) is 2.42. The first-order valence-corrected chi connectivity index (χ1v) is 6.45. The first-order valence-electron chi connectivity index (χ1n) is 6.45. The summed E-state index contributed by atoms with van der Waals surface area (Å²) in [5.41, 5.74) is 1.15. The van der Waals surface area contributed by atoms with Crippen LogP contribution in [0.15, 0.2) is 30.3 Å². The van der Waals surface area contributed by atoms with Crippen molar-refractivity contribution in [2.45, 2.75) is 32.8 Å². The second-order valence-electron chi connectivity index (χ2n) is 4.31. The van der Waals surface area contributed by atoms with Gasteiger partial charge in [0.05, 0.1) is 6.61 Å². The Labute approximate surface area is 113 Å². The zero-order valence-electron chi connectivity index (χ0n) is 11.3. The summed E-state index contributed by atoms with van der Waals surface area (Å²) in [5, 5.41) is 0. The first kappa shape index (κ1) is 15.4. The van der Waals surface area contributed by atoms with E-state index in [1.165, 1.54) is 6.92 Å². The number of ether oxygens (including phenoxy) is 2. The summed E-state index contributed by atoms with van der Waals surface area (Å²) in [5.74, 6) is -0.460. The number of benzene rings is 1. The van der Waals surface area contributed by atoms with Gasteiger partial charge in [0, 0.05) is 20.0 Å². The molecule has 0 aliphatic rings. The largest absolute Gasteiger partial charge is 0.458 e.